The molecule has 102 valence electrons. The number of nitrogens with one attached hydrogen (secondary N) is 1. The molecule has 6 heteroatoms. The van der Waals surface area contributed by atoms with Crippen LogP contribution in [0.25, 0.3) is 0 Å². The molecule has 0 aliphatic heterocycles. The van der Waals surface area contributed by atoms with Gasteiger partial charge in [-0.05, 0) is 30.4 Å². The summed E-state index contributed by atoms with van der Waals surface area (Å²) in [5.41, 5.74) is 3.05. The minimum absolute atomic E-state index is 0.368. The van der Waals surface area contributed by atoms with Crippen LogP contribution in [0.5, 0.6) is 0 Å². The monoisotopic (exact) mass is 263 g/mol. The topological polar surface area (TPSA) is 79.7 Å². The molecular weight excluding hydrogens is 244 g/mol. The second-order valence-corrected chi connectivity index (χ2v) is 4.65. The Morgan fingerprint density at radius 1 is 1.58 bits per heavy atom. The van der Waals surface area contributed by atoms with Gasteiger partial charge in [0.25, 0.3) is 0 Å². The van der Waals surface area contributed by atoms with Crippen LogP contribution < -0.4 is 11.2 Å². The van der Waals surface area contributed by atoms with E-state index in [1.807, 2.05) is 12.1 Å². The number of hydrogen-bond acceptors (Lipinski definition) is 3. The first-order valence-corrected chi connectivity index (χ1v) is 6.23. The number of ether oxygens (including phenoxy) is 1. The summed E-state index contributed by atoms with van der Waals surface area (Å²) < 4.78 is 6.30. The summed E-state index contributed by atoms with van der Waals surface area (Å²) >= 11 is 0. The molecule has 0 atom stereocenters. The number of carbonyl (C=O) groups is 1. The predicted octanol–water partition coefficient (Wildman–Crippen LogP) is 2.21. The van der Waals surface area contributed by atoms with Crippen LogP contribution in [-0.2, 0) is 11.3 Å². The Morgan fingerprint density at radius 2 is 2.32 bits per heavy atom. The van der Waals surface area contributed by atoms with Crippen molar-refractivity contribution >= 4 is 11.7 Å². The minimum Gasteiger partial charge on any atom is -0.380 e. The van der Waals surface area contributed by atoms with Gasteiger partial charge in [0, 0.05) is 17.9 Å². The average Bonchev–Trinajstić information content (AvgIpc) is 3.24. The molecule has 2 amide bonds. The van der Waals surface area contributed by atoms with Crippen molar-refractivity contribution < 1.29 is 14.2 Å². The average molecular weight is 263 g/mol. The molecule has 1 aliphatic rings. The van der Waals surface area contributed by atoms with E-state index in [0.717, 1.165) is 15.9 Å². The van der Waals surface area contributed by atoms with E-state index in [2.05, 4.69) is 16.6 Å². The number of rotatable bonds is 4. The van der Waals surface area contributed by atoms with Crippen LogP contribution in [0.15, 0.2) is 23.4 Å². The lowest BCUT2D eigenvalue weighted by molar-refractivity contribution is -0.466. The first kappa shape index (κ1) is 13.5. The molecule has 6 nitrogen and oxygen atoms in total. The Bertz CT molecular complexity index is 509. The number of benzene rings is 1. The Balaban J connectivity index is 2.28. The van der Waals surface area contributed by atoms with E-state index < -0.39 is 0 Å². The molecule has 0 saturated heterocycles. The zero-order chi connectivity index (χ0) is 13.8. The van der Waals surface area contributed by atoms with Gasteiger partial charge in [0.1, 0.15) is 5.69 Å². The third-order valence-corrected chi connectivity index (χ3v) is 3.23. The summed E-state index contributed by atoms with van der Waals surface area (Å²) in [4.78, 5) is 11.8. The maximum Gasteiger partial charge on any atom is 0.459 e. The summed E-state index contributed by atoms with van der Waals surface area (Å²) in [6, 6.07) is 5.54. The van der Waals surface area contributed by atoms with Crippen LogP contribution in [0, 0.1) is 0 Å². The van der Waals surface area contributed by atoms with Crippen molar-refractivity contribution in [3.05, 3.63) is 29.3 Å². The quantitative estimate of drug-likeness (QED) is 0.378. The van der Waals surface area contributed by atoms with E-state index in [0.29, 0.717) is 12.5 Å². The Kier molecular flexibility index (Phi) is 4.11. The van der Waals surface area contributed by atoms with E-state index in [1.165, 1.54) is 25.5 Å². The second-order valence-electron chi connectivity index (χ2n) is 4.65. The molecule has 1 aromatic carbocycles. The van der Waals surface area contributed by atoms with Gasteiger partial charge in [-0.25, -0.2) is 16.0 Å². The maximum atomic E-state index is 11.8. The van der Waals surface area contributed by atoms with E-state index in [-0.39, 0.29) is 6.03 Å². The molecule has 3 N–H and O–H groups in total. The third-order valence-electron chi connectivity index (χ3n) is 3.23. The fourth-order valence-electron chi connectivity index (χ4n) is 2.05. The number of amides is 2. The second kappa shape index (κ2) is 5.79. The molecule has 2 rings (SSSR count). The molecular formula is C13H19N4O2+. The van der Waals surface area contributed by atoms with Crippen LogP contribution in [0.1, 0.15) is 29.9 Å². The smallest absolute Gasteiger partial charge is 0.380 e. The molecule has 0 heterocycles. The standard InChI is InChI=1S/C13H18N4O2/c1-17(16-14)13(18)15-12-5-3-4-10(9-6-7-9)11(12)8-19-2/h3-5,9,14H,6-8H2,1-2H3,(H,15,18)/p+1. The lowest BCUT2D eigenvalue weighted by Crippen LogP contribution is -2.23. The number of methoxy groups -OCH3 is 1. The summed E-state index contributed by atoms with van der Waals surface area (Å²) in [5, 5.41) is 6.12. The third kappa shape index (κ3) is 3.08. The van der Waals surface area contributed by atoms with Gasteiger partial charge in [0.05, 0.1) is 13.7 Å². The van der Waals surface area contributed by atoms with Crippen LogP contribution in [-0.4, -0.2) is 24.9 Å². The SMILES string of the molecule is COCc1c(NC(=O)/[N+](C)=N\N)cccc1C1CC1. The van der Waals surface area contributed by atoms with E-state index in [1.54, 1.807) is 7.11 Å². The lowest BCUT2D eigenvalue weighted by atomic mass is 10.0. The highest BCUT2D eigenvalue weighted by atomic mass is 16.5. The van der Waals surface area contributed by atoms with E-state index in [4.69, 9.17) is 10.6 Å². The molecule has 0 bridgehead atoms. The highest BCUT2D eigenvalue weighted by Gasteiger charge is 2.28. The lowest BCUT2D eigenvalue weighted by Gasteiger charge is -2.12. The van der Waals surface area contributed by atoms with Crippen molar-refractivity contribution in [2.75, 3.05) is 19.5 Å². The van der Waals surface area contributed by atoms with E-state index >= 15 is 0 Å². The molecule has 1 aromatic rings. The number of urea groups is 1. The number of anilines is 1. The molecule has 0 aromatic heterocycles. The predicted molar refractivity (Wildman–Crippen MR) is 70.9 cm³/mol. The van der Waals surface area contributed by atoms with Crippen LogP contribution in [0.4, 0.5) is 10.5 Å². The first-order valence-electron chi connectivity index (χ1n) is 6.23. The minimum atomic E-state index is -0.368. The van der Waals surface area contributed by atoms with Gasteiger partial charge in [-0.2, -0.15) is 0 Å². The molecule has 1 saturated carbocycles. The fourth-order valence-corrected chi connectivity index (χ4v) is 2.05. The van der Waals surface area contributed by atoms with Gasteiger partial charge in [-0.15, -0.1) is 4.70 Å². The van der Waals surface area contributed by atoms with Crippen molar-refractivity contribution in [2.45, 2.75) is 25.4 Å². The molecule has 0 radical (unpaired) electrons. The van der Waals surface area contributed by atoms with Crippen LogP contribution >= 0.6 is 0 Å². The molecule has 0 unspecified atom stereocenters. The van der Waals surface area contributed by atoms with Gasteiger partial charge in [0.2, 0.25) is 0 Å². The molecule has 1 aliphatic carbocycles. The van der Waals surface area contributed by atoms with Gasteiger partial charge in [-0.3, -0.25) is 0 Å². The zero-order valence-electron chi connectivity index (χ0n) is 11.2. The van der Waals surface area contributed by atoms with Crippen molar-refractivity contribution in [3.8, 4) is 0 Å². The molecule has 1 fully saturated rings. The summed E-state index contributed by atoms with van der Waals surface area (Å²) in [6.07, 6.45) is 2.40. The summed E-state index contributed by atoms with van der Waals surface area (Å²) in [6.45, 7) is 0.478. The number of nitrogens with zero attached hydrogens (tertiary/aromatic N) is 2. The summed E-state index contributed by atoms with van der Waals surface area (Å²) in [7, 11) is 3.15. The van der Waals surface area contributed by atoms with Crippen LogP contribution in [0.2, 0.25) is 0 Å². The Hall–Kier alpha value is -1.95. The highest BCUT2D eigenvalue weighted by molar-refractivity contribution is 5.84. The van der Waals surface area contributed by atoms with Gasteiger partial charge >= 0.3 is 6.03 Å². The van der Waals surface area contributed by atoms with Crippen LogP contribution in [0.3, 0.4) is 0 Å². The zero-order valence-corrected chi connectivity index (χ0v) is 11.2. The van der Waals surface area contributed by atoms with Crippen molar-refractivity contribution in [3.63, 3.8) is 0 Å². The number of nitrogens with two attached hydrogens (primary N) is 1. The van der Waals surface area contributed by atoms with Crippen molar-refractivity contribution in [2.24, 2.45) is 11.1 Å². The van der Waals surface area contributed by atoms with Gasteiger partial charge < -0.3 is 4.74 Å². The largest absolute Gasteiger partial charge is 0.459 e. The summed E-state index contributed by atoms with van der Waals surface area (Å²) in [5.74, 6) is 5.67. The number of hydrogen-bond donors (Lipinski definition) is 2. The highest BCUT2D eigenvalue weighted by Crippen LogP contribution is 2.43. The first-order chi connectivity index (χ1) is 9.17. The van der Waals surface area contributed by atoms with Gasteiger partial charge in [0.15, 0.2) is 0 Å². The maximum absolute atomic E-state index is 11.8. The van der Waals surface area contributed by atoms with Crippen molar-refractivity contribution in [1.82, 2.24) is 0 Å². The molecule has 19 heavy (non-hydrogen) atoms. The van der Waals surface area contributed by atoms with Gasteiger partial charge in [-0.1, -0.05) is 12.1 Å². The van der Waals surface area contributed by atoms with Crippen molar-refractivity contribution in [1.29, 1.82) is 0 Å². The Labute approximate surface area is 112 Å². The van der Waals surface area contributed by atoms with E-state index in [9.17, 15) is 4.79 Å². The Morgan fingerprint density at radius 3 is 2.89 bits per heavy atom. The fraction of sp³-hybridized carbons (Fsp3) is 0.462. The normalized spacial score (nSPS) is 15.4. The number of carbonyl (C=O) groups excluding carboxylic acids is 1. The molecule has 0 spiro atoms.